The van der Waals surface area contributed by atoms with E-state index in [0.717, 1.165) is 20.1 Å². The summed E-state index contributed by atoms with van der Waals surface area (Å²) in [6, 6.07) is 5.23. The summed E-state index contributed by atoms with van der Waals surface area (Å²) < 4.78 is 150. The standard InChI is InChI=1S/C17H17F11O/c1-4-10-6-5-7-11(8-10)12(2,29-3)9-13(18,19)14(20,21)15(22,23)16(24,25)17(26,27)28/h5-8H,4,9H2,1-3H3. The van der Waals surface area contributed by atoms with Gasteiger partial charge in [-0.2, -0.15) is 48.3 Å². The minimum absolute atomic E-state index is 0.180. The SMILES string of the molecule is CCc1cccc(C(C)(CC(F)(F)C(F)(F)C(F)(F)C(F)(F)C(F)(F)F)OC)c1. The molecular weight excluding hydrogens is 429 g/mol. The third-order valence-corrected chi connectivity index (χ3v) is 4.56. The number of hydrogen-bond acceptors (Lipinski definition) is 1. The highest BCUT2D eigenvalue weighted by atomic mass is 19.4. The maximum Gasteiger partial charge on any atom is 0.460 e. The van der Waals surface area contributed by atoms with E-state index in [9.17, 15) is 48.3 Å². The Morgan fingerprint density at radius 3 is 1.72 bits per heavy atom. The summed E-state index contributed by atoms with van der Waals surface area (Å²) in [7, 11) is 0.773. The van der Waals surface area contributed by atoms with Crippen molar-refractivity contribution in [3.8, 4) is 0 Å². The van der Waals surface area contributed by atoms with Crippen LogP contribution in [-0.4, -0.2) is 37.0 Å². The molecule has 0 aliphatic rings. The molecule has 1 nitrogen and oxygen atoms in total. The lowest BCUT2D eigenvalue weighted by atomic mass is 9.84. The van der Waals surface area contributed by atoms with Gasteiger partial charge in [-0.05, 0) is 24.5 Å². The number of halogens is 11. The number of rotatable bonds is 8. The van der Waals surface area contributed by atoms with Crippen LogP contribution in [0, 0.1) is 0 Å². The first-order chi connectivity index (χ1) is 12.8. The Bertz CT molecular complexity index is 712. The zero-order chi connectivity index (χ0) is 23.1. The molecule has 0 fully saturated rings. The van der Waals surface area contributed by atoms with E-state index in [4.69, 9.17) is 4.74 Å². The summed E-state index contributed by atoms with van der Waals surface area (Å²) in [5.41, 5.74) is -2.06. The van der Waals surface area contributed by atoms with Gasteiger partial charge >= 0.3 is 29.9 Å². The Hall–Kier alpha value is -1.59. The number of aryl methyl sites for hydroxylation is 1. The van der Waals surface area contributed by atoms with E-state index in [1.54, 1.807) is 6.92 Å². The third-order valence-electron chi connectivity index (χ3n) is 4.56. The third kappa shape index (κ3) is 4.17. The van der Waals surface area contributed by atoms with Crippen LogP contribution in [0.25, 0.3) is 0 Å². The monoisotopic (exact) mass is 446 g/mol. The average molecular weight is 446 g/mol. The highest BCUT2D eigenvalue weighted by Crippen LogP contribution is 2.59. The quantitative estimate of drug-likeness (QED) is 0.409. The fourth-order valence-corrected chi connectivity index (χ4v) is 2.55. The molecule has 0 heterocycles. The van der Waals surface area contributed by atoms with Gasteiger partial charge in [-0.3, -0.25) is 0 Å². The lowest BCUT2D eigenvalue weighted by Gasteiger charge is -2.40. The molecule has 0 spiro atoms. The van der Waals surface area contributed by atoms with Gasteiger partial charge < -0.3 is 4.74 Å². The summed E-state index contributed by atoms with van der Waals surface area (Å²) in [6.07, 6.45) is -9.10. The summed E-state index contributed by atoms with van der Waals surface area (Å²) in [5, 5.41) is 0. The van der Waals surface area contributed by atoms with Crippen molar-refractivity contribution in [1.82, 2.24) is 0 Å². The number of benzene rings is 1. The highest BCUT2D eigenvalue weighted by Gasteiger charge is 2.87. The van der Waals surface area contributed by atoms with Crippen LogP contribution >= 0.6 is 0 Å². The molecule has 0 aliphatic carbocycles. The van der Waals surface area contributed by atoms with Crippen molar-refractivity contribution in [3.05, 3.63) is 35.4 Å². The van der Waals surface area contributed by atoms with E-state index < -0.39 is 41.9 Å². The van der Waals surface area contributed by atoms with Gasteiger partial charge in [-0.1, -0.05) is 31.2 Å². The summed E-state index contributed by atoms with van der Waals surface area (Å²) >= 11 is 0. The Labute approximate surface area is 158 Å². The van der Waals surface area contributed by atoms with E-state index in [1.165, 1.54) is 18.2 Å². The Morgan fingerprint density at radius 2 is 1.31 bits per heavy atom. The molecular formula is C17H17F11O. The Balaban J connectivity index is 3.43. The predicted octanol–water partition coefficient (Wildman–Crippen LogP) is 6.60. The molecule has 1 aromatic rings. The van der Waals surface area contributed by atoms with Crippen molar-refractivity contribution in [3.63, 3.8) is 0 Å². The highest BCUT2D eigenvalue weighted by molar-refractivity contribution is 5.29. The fourth-order valence-electron chi connectivity index (χ4n) is 2.55. The van der Waals surface area contributed by atoms with E-state index >= 15 is 0 Å². The van der Waals surface area contributed by atoms with Crippen molar-refractivity contribution in [2.45, 2.75) is 62.2 Å². The number of alkyl halides is 11. The van der Waals surface area contributed by atoms with Gasteiger partial charge in [0, 0.05) is 7.11 Å². The predicted molar refractivity (Wildman–Crippen MR) is 80.6 cm³/mol. The lowest BCUT2D eigenvalue weighted by Crippen LogP contribution is -2.67. The van der Waals surface area contributed by atoms with Crippen LogP contribution in [0.15, 0.2) is 24.3 Å². The lowest BCUT2D eigenvalue weighted by molar-refractivity contribution is -0.424. The summed E-state index contributed by atoms with van der Waals surface area (Å²) in [4.78, 5) is 0. The smallest absolute Gasteiger partial charge is 0.374 e. The average Bonchev–Trinajstić information content (AvgIpc) is 2.59. The van der Waals surface area contributed by atoms with Gasteiger partial charge in [0.05, 0.1) is 12.0 Å². The zero-order valence-electron chi connectivity index (χ0n) is 15.3. The first kappa shape index (κ1) is 25.4. The molecule has 0 bridgehead atoms. The maximum absolute atomic E-state index is 14.2. The Morgan fingerprint density at radius 1 is 0.793 bits per heavy atom. The summed E-state index contributed by atoms with van der Waals surface area (Å²) in [5.74, 6) is -27.9. The van der Waals surface area contributed by atoms with Gasteiger partial charge in [-0.15, -0.1) is 0 Å². The molecule has 29 heavy (non-hydrogen) atoms. The van der Waals surface area contributed by atoms with E-state index in [1.807, 2.05) is 0 Å². The van der Waals surface area contributed by atoms with Gasteiger partial charge in [0.15, 0.2) is 0 Å². The van der Waals surface area contributed by atoms with Crippen molar-refractivity contribution in [1.29, 1.82) is 0 Å². The number of methoxy groups -OCH3 is 1. The molecule has 0 aliphatic heterocycles. The van der Waals surface area contributed by atoms with Crippen molar-refractivity contribution in [2.24, 2.45) is 0 Å². The van der Waals surface area contributed by atoms with Crippen molar-refractivity contribution < 1.29 is 53.0 Å². The fraction of sp³-hybridized carbons (Fsp3) is 0.647. The van der Waals surface area contributed by atoms with Crippen LogP contribution in [-0.2, 0) is 16.8 Å². The molecule has 1 unspecified atom stereocenters. The van der Waals surface area contributed by atoms with Crippen molar-refractivity contribution >= 4 is 0 Å². The van der Waals surface area contributed by atoms with Crippen LogP contribution in [0.2, 0.25) is 0 Å². The van der Waals surface area contributed by atoms with Crippen LogP contribution in [0.5, 0.6) is 0 Å². The minimum atomic E-state index is -7.43. The molecule has 0 radical (unpaired) electrons. The van der Waals surface area contributed by atoms with Gasteiger partial charge in [-0.25, -0.2) is 0 Å². The second-order valence-electron chi connectivity index (χ2n) is 6.59. The van der Waals surface area contributed by atoms with Crippen LogP contribution in [0.3, 0.4) is 0 Å². The van der Waals surface area contributed by atoms with Crippen LogP contribution in [0.1, 0.15) is 31.4 Å². The van der Waals surface area contributed by atoms with Gasteiger partial charge in [0.2, 0.25) is 0 Å². The molecule has 1 atom stereocenters. The molecule has 0 N–H and O–H groups in total. The van der Waals surface area contributed by atoms with Gasteiger partial charge in [0.1, 0.15) is 0 Å². The molecule has 1 aromatic carbocycles. The van der Waals surface area contributed by atoms with E-state index in [-0.39, 0.29) is 5.56 Å². The molecule has 0 saturated heterocycles. The molecule has 0 aromatic heterocycles. The largest absolute Gasteiger partial charge is 0.460 e. The topological polar surface area (TPSA) is 9.23 Å². The van der Waals surface area contributed by atoms with Crippen molar-refractivity contribution in [2.75, 3.05) is 7.11 Å². The molecule has 0 amide bonds. The number of ether oxygens (including phenoxy) is 1. The second kappa shape index (κ2) is 7.59. The van der Waals surface area contributed by atoms with E-state index in [2.05, 4.69) is 0 Å². The Kier molecular flexibility index (Phi) is 6.66. The van der Waals surface area contributed by atoms with E-state index in [0.29, 0.717) is 12.0 Å². The maximum atomic E-state index is 14.2. The molecule has 0 saturated carbocycles. The first-order valence-electron chi connectivity index (χ1n) is 8.03. The molecule has 1 rings (SSSR count). The number of hydrogen-bond donors (Lipinski definition) is 0. The van der Waals surface area contributed by atoms with Crippen LogP contribution in [0.4, 0.5) is 48.3 Å². The summed E-state index contributed by atoms with van der Waals surface area (Å²) in [6.45, 7) is 2.46. The second-order valence-corrected chi connectivity index (χ2v) is 6.59. The van der Waals surface area contributed by atoms with Gasteiger partial charge in [0.25, 0.3) is 0 Å². The first-order valence-corrected chi connectivity index (χ1v) is 8.03. The normalized spacial score (nSPS) is 16.6. The zero-order valence-corrected chi connectivity index (χ0v) is 15.3. The molecule has 168 valence electrons. The van der Waals surface area contributed by atoms with Crippen LogP contribution < -0.4 is 0 Å². The minimum Gasteiger partial charge on any atom is -0.374 e. The molecule has 12 heteroatoms.